The van der Waals surface area contributed by atoms with Crippen molar-refractivity contribution in [3.8, 4) is 0 Å². The Morgan fingerprint density at radius 1 is 0.613 bits per heavy atom. The Bertz CT molecular complexity index is 396. The first kappa shape index (κ1) is 33.2. The van der Waals surface area contributed by atoms with Crippen molar-refractivity contribution in [3.63, 3.8) is 0 Å². The monoisotopic (exact) mass is 446 g/mol. The third kappa shape index (κ3) is 30.0. The summed E-state index contributed by atoms with van der Waals surface area (Å²) in [4.78, 5) is 10.3. The number of aliphatic carboxylic acids is 1. The van der Waals surface area contributed by atoms with Crippen molar-refractivity contribution in [1.82, 2.24) is 0 Å². The van der Waals surface area contributed by atoms with Crippen LogP contribution in [0.2, 0.25) is 0 Å². The first-order valence-corrected chi connectivity index (χ1v) is 13.2. The average molecular weight is 447 g/mol. The molecule has 0 saturated carbocycles. The summed E-state index contributed by atoms with van der Waals surface area (Å²) >= 11 is 0. The molecule has 178 valence electrons. The Hall–Kier alpha value is 0.0100. The Kier molecular flexibility index (Phi) is 30.0. The maximum atomic E-state index is 10.3. The van der Waals surface area contributed by atoms with Crippen LogP contribution in [-0.4, -0.2) is 11.1 Å². The number of rotatable bonds is 24. The van der Waals surface area contributed by atoms with E-state index in [-0.39, 0.29) is 41.7 Å². The van der Waals surface area contributed by atoms with E-state index >= 15 is 0 Å². The summed E-state index contributed by atoms with van der Waals surface area (Å²) in [6.07, 6.45) is 30.4. The molecule has 0 aliphatic carbocycles. The van der Waals surface area contributed by atoms with Crippen molar-refractivity contribution in [2.45, 2.75) is 155 Å². The molecule has 0 aromatic carbocycles. The average Bonchev–Trinajstić information content (AvgIpc) is 2.73. The molecule has 0 aromatic heterocycles. The Morgan fingerprint density at radius 2 is 0.903 bits per heavy atom. The maximum absolute atomic E-state index is 10.3. The zero-order valence-corrected chi connectivity index (χ0v) is 23.1. The molecule has 0 aliphatic rings. The van der Waals surface area contributed by atoms with E-state index in [0.717, 1.165) is 12.8 Å². The van der Waals surface area contributed by atoms with E-state index in [9.17, 15) is 15.0 Å². The molecule has 0 atom stereocenters. The fourth-order valence-corrected chi connectivity index (χ4v) is 4.04. The molecule has 0 saturated heterocycles. The van der Waals surface area contributed by atoms with Crippen LogP contribution in [0.15, 0.2) is 11.8 Å². The van der Waals surface area contributed by atoms with Crippen LogP contribution in [0.5, 0.6) is 0 Å². The molecule has 3 nitrogen and oxygen atoms in total. The van der Waals surface area contributed by atoms with Crippen LogP contribution in [0, 0.1) is 0 Å². The van der Waals surface area contributed by atoms with Crippen molar-refractivity contribution < 1.29 is 44.6 Å². The van der Waals surface area contributed by atoms with E-state index in [1.54, 1.807) is 0 Å². The summed E-state index contributed by atoms with van der Waals surface area (Å²) in [5.41, 5.74) is 0. The van der Waals surface area contributed by atoms with Crippen LogP contribution >= 0.6 is 0 Å². The van der Waals surface area contributed by atoms with Crippen molar-refractivity contribution in [2.75, 3.05) is 0 Å². The van der Waals surface area contributed by atoms with Gasteiger partial charge in [0.15, 0.2) is 0 Å². The van der Waals surface area contributed by atoms with Gasteiger partial charge in [-0.2, -0.15) is 0 Å². The second kappa shape index (κ2) is 28.0. The molecule has 4 heteroatoms. The fraction of sp³-hybridized carbons (Fsp3) is 0.889. The van der Waals surface area contributed by atoms with Crippen LogP contribution in [0.4, 0.5) is 0 Å². The summed E-state index contributed by atoms with van der Waals surface area (Å²) in [5.74, 6) is -0.947. The minimum atomic E-state index is -1.14. The van der Waals surface area contributed by atoms with Gasteiger partial charge >= 0.3 is 29.6 Å². The second-order valence-corrected chi connectivity index (χ2v) is 9.09. The molecular formula is C27H51NaO3. The van der Waals surface area contributed by atoms with Crippen LogP contribution < -0.4 is 34.7 Å². The number of hydrogen-bond donors (Lipinski definition) is 1. The van der Waals surface area contributed by atoms with Gasteiger partial charge in [0.1, 0.15) is 0 Å². The van der Waals surface area contributed by atoms with Gasteiger partial charge in [-0.3, -0.25) is 0 Å². The van der Waals surface area contributed by atoms with Gasteiger partial charge < -0.3 is 15.0 Å². The molecular weight excluding hydrogens is 395 g/mol. The van der Waals surface area contributed by atoms with Gasteiger partial charge in [-0.1, -0.05) is 135 Å². The van der Waals surface area contributed by atoms with Gasteiger partial charge in [-0.15, -0.1) is 0 Å². The molecule has 0 bridgehead atoms. The largest absolute Gasteiger partial charge is 1.00 e. The van der Waals surface area contributed by atoms with Gasteiger partial charge in [0.2, 0.25) is 0 Å². The molecule has 0 amide bonds. The van der Waals surface area contributed by atoms with Crippen molar-refractivity contribution >= 4 is 5.97 Å². The number of unbranched alkanes of at least 4 members (excludes halogenated alkanes) is 20. The third-order valence-electron chi connectivity index (χ3n) is 6.04. The summed E-state index contributed by atoms with van der Waals surface area (Å²) in [5, 5.41) is 19.8. The van der Waals surface area contributed by atoms with Crippen molar-refractivity contribution in [2.24, 2.45) is 0 Å². The third-order valence-corrected chi connectivity index (χ3v) is 6.04. The van der Waals surface area contributed by atoms with E-state index < -0.39 is 5.97 Å². The number of allylic oxidation sites excluding steroid dienone is 1. The summed E-state index contributed by atoms with van der Waals surface area (Å²) in [6, 6.07) is 0. The quantitative estimate of drug-likeness (QED) is 0.126. The van der Waals surface area contributed by atoms with E-state index in [2.05, 4.69) is 6.92 Å². The van der Waals surface area contributed by atoms with E-state index in [1.807, 2.05) is 0 Å². The topological polar surface area (TPSA) is 60.4 Å². The van der Waals surface area contributed by atoms with E-state index in [4.69, 9.17) is 0 Å². The predicted molar refractivity (Wildman–Crippen MR) is 128 cm³/mol. The van der Waals surface area contributed by atoms with E-state index in [1.165, 1.54) is 128 Å². The molecule has 1 N–H and O–H groups in total. The minimum Gasteiger partial charge on any atom is -0.550 e. The Balaban J connectivity index is 0. The zero-order valence-electron chi connectivity index (χ0n) is 21.1. The number of carbonyl (C=O) groups is 1. The van der Waals surface area contributed by atoms with Crippen molar-refractivity contribution in [3.05, 3.63) is 11.8 Å². The number of carboxylic acid groups (broad SMARTS) is 1. The maximum Gasteiger partial charge on any atom is 1.00 e. The summed E-state index contributed by atoms with van der Waals surface area (Å²) in [7, 11) is 0. The van der Waals surface area contributed by atoms with Crippen molar-refractivity contribution in [1.29, 1.82) is 0 Å². The standard InChI is InChI=1S/C27H52O3.Na/c1-2-3-4-5-6-7-8-9-10-11-12-13-14-15-16-17-18-19-20-21-22-23-26(28)24-25-27(29)30;/h24,28H,2-23,25H2,1H3,(H,29,30);/q;+1/p-1. The normalized spacial score (nSPS) is 11.5. The minimum absolute atomic E-state index is 0. The molecule has 0 spiro atoms. The predicted octanol–water partition coefficient (Wildman–Crippen LogP) is 5.17. The van der Waals surface area contributed by atoms with Crippen LogP contribution in [0.25, 0.3) is 0 Å². The number of carboxylic acids is 1. The van der Waals surface area contributed by atoms with Gasteiger partial charge in [-0.05, 0) is 12.5 Å². The second-order valence-electron chi connectivity index (χ2n) is 9.09. The molecule has 31 heavy (non-hydrogen) atoms. The van der Waals surface area contributed by atoms with Crippen LogP contribution in [-0.2, 0) is 4.79 Å². The number of hydrogen-bond acceptors (Lipinski definition) is 3. The van der Waals surface area contributed by atoms with Gasteiger partial charge in [0, 0.05) is 18.8 Å². The molecule has 0 aromatic rings. The van der Waals surface area contributed by atoms with E-state index in [0.29, 0.717) is 6.42 Å². The summed E-state index contributed by atoms with van der Waals surface area (Å²) in [6.45, 7) is 2.28. The molecule has 0 heterocycles. The van der Waals surface area contributed by atoms with Gasteiger partial charge in [0.25, 0.3) is 0 Å². The number of aliphatic hydroxyl groups is 1. The molecule has 0 aliphatic heterocycles. The van der Waals surface area contributed by atoms with Crippen LogP contribution in [0.1, 0.15) is 155 Å². The SMILES string of the molecule is CCCCCCCCCCCCCCCCCCCCCCCC(O)=CCC(=O)[O-].[Na+]. The van der Waals surface area contributed by atoms with Gasteiger partial charge in [0.05, 0.1) is 5.76 Å². The summed E-state index contributed by atoms with van der Waals surface area (Å²) < 4.78 is 0. The smallest absolute Gasteiger partial charge is 0.550 e. The molecule has 0 rings (SSSR count). The zero-order chi connectivity index (χ0) is 22.1. The fourth-order valence-electron chi connectivity index (χ4n) is 4.04. The van der Waals surface area contributed by atoms with Gasteiger partial charge in [-0.25, -0.2) is 0 Å². The number of aliphatic hydroxyl groups excluding tert-OH is 1. The molecule has 0 fully saturated rings. The molecule has 0 unspecified atom stereocenters. The Labute approximate surface area is 216 Å². The number of carbonyl (C=O) groups excluding carboxylic acids is 1. The first-order valence-electron chi connectivity index (χ1n) is 13.2. The first-order chi connectivity index (χ1) is 14.7. The van der Waals surface area contributed by atoms with Crippen LogP contribution in [0.3, 0.4) is 0 Å². The Morgan fingerprint density at radius 3 is 1.19 bits per heavy atom. The molecule has 0 radical (unpaired) electrons.